The molecule has 3 aromatic rings. The van der Waals surface area contributed by atoms with Gasteiger partial charge in [-0.3, -0.25) is 0 Å². The predicted molar refractivity (Wildman–Crippen MR) is 88.4 cm³/mol. The van der Waals surface area contributed by atoms with E-state index >= 15 is 0 Å². The van der Waals surface area contributed by atoms with Crippen LogP contribution in [0.3, 0.4) is 0 Å². The van der Waals surface area contributed by atoms with Crippen LogP contribution in [0, 0.1) is 0 Å². The van der Waals surface area contributed by atoms with Crippen molar-refractivity contribution in [3.63, 3.8) is 0 Å². The third-order valence-electron chi connectivity index (χ3n) is 4.10. The highest BCUT2D eigenvalue weighted by molar-refractivity contribution is 5.61. The van der Waals surface area contributed by atoms with Crippen LogP contribution in [0.15, 0.2) is 48.8 Å². The second-order valence-corrected chi connectivity index (χ2v) is 5.60. The van der Waals surface area contributed by atoms with Gasteiger partial charge in [0.15, 0.2) is 5.82 Å². The molecule has 0 saturated heterocycles. The van der Waals surface area contributed by atoms with Gasteiger partial charge in [0, 0.05) is 25.0 Å². The van der Waals surface area contributed by atoms with Gasteiger partial charge in [0.05, 0.1) is 5.69 Å². The maximum absolute atomic E-state index is 4.34. The molecule has 4 nitrogen and oxygen atoms in total. The second-order valence-electron chi connectivity index (χ2n) is 5.60. The summed E-state index contributed by atoms with van der Waals surface area (Å²) in [6, 6.07) is 12.6. The van der Waals surface area contributed by atoms with Gasteiger partial charge in [-0.15, -0.1) is 10.2 Å². The molecule has 0 bridgehead atoms. The van der Waals surface area contributed by atoms with Crippen molar-refractivity contribution in [3.05, 3.63) is 54.4 Å². The van der Waals surface area contributed by atoms with Gasteiger partial charge in [0.1, 0.15) is 5.69 Å². The topological polar surface area (TPSA) is 43.6 Å². The number of hydrogen-bond acceptors (Lipinski definition) is 3. The minimum Gasteiger partial charge on any atom is -0.333 e. The van der Waals surface area contributed by atoms with Crippen molar-refractivity contribution in [2.75, 3.05) is 0 Å². The SMILES string of the molecule is CC[C@H](C)c1ccc(-c2ccc(-c3nccn3C)nn2)cc1. The third kappa shape index (κ3) is 2.77. The first-order valence-corrected chi connectivity index (χ1v) is 7.60. The van der Waals surface area contributed by atoms with Gasteiger partial charge < -0.3 is 4.57 Å². The third-order valence-corrected chi connectivity index (χ3v) is 4.10. The molecule has 0 saturated carbocycles. The van der Waals surface area contributed by atoms with Gasteiger partial charge in [0.2, 0.25) is 0 Å². The quantitative estimate of drug-likeness (QED) is 0.728. The maximum atomic E-state index is 4.34. The summed E-state index contributed by atoms with van der Waals surface area (Å²) in [5.41, 5.74) is 4.12. The molecule has 4 heteroatoms. The number of imidazole rings is 1. The Labute approximate surface area is 130 Å². The summed E-state index contributed by atoms with van der Waals surface area (Å²) >= 11 is 0. The highest BCUT2D eigenvalue weighted by atomic mass is 15.1. The number of aromatic nitrogens is 4. The van der Waals surface area contributed by atoms with Gasteiger partial charge >= 0.3 is 0 Å². The summed E-state index contributed by atoms with van der Waals surface area (Å²) in [5.74, 6) is 1.41. The van der Waals surface area contributed by atoms with Crippen LogP contribution in [0.25, 0.3) is 22.8 Å². The summed E-state index contributed by atoms with van der Waals surface area (Å²) in [5, 5.41) is 8.64. The lowest BCUT2D eigenvalue weighted by Gasteiger charge is -2.09. The Kier molecular flexibility index (Phi) is 4.00. The van der Waals surface area contributed by atoms with E-state index in [1.807, 2.05) is 29.9 Å². The monoisotopic (exact) mass is 292 g/mol. The Morgan fingerprint density at radius 3 is 2.23 bits per heavy atom. The van der Waals surface area contributed by atoms with Crippen molar-refractivity contribution in [3.8, 4) is 22.8 Å². The molecule has 0 N–H and O–H groups in total. The molecule has 112 valence electrons. The maximum Gasteiger partial charge on any atom is 0.160 e. The number of benzene rings is 1. The fraction of sp³-hybridized carbons (Fsp3) is 0.278. The summed E-state index contributed by atoms with van der Waals surface area (Å²) in [6.07, 6.45) is 4.81. The smallest absolute Gasteiger partial charge is 0.160 e. The Bertz CT molecular complexity index is 742. The average molecular weight is 292 g/mol. The molecule has 2 heterocycles. The highest BCUT2D eigenvalue weighted by Crippen LogP contribution is 2.23. The van der Waals surface area contributed by atoms with Crippen LogP contribution in [-0.2, 0) is 7.05 Å². The fourth-order valence-electron chi connectivity index (χ4n) is 2.44. The molecule has 3 rings (SSSR count). The summed E-state index contributed by atoms with van der Waals surface area (Å²) in [7, 11) is 1.95. The Morgan fingerprint density at radius 1 is 1.00 bits per heavy atom. The van der Waals surface area contributed by atoms with Crippen LogP contribution < -0.4 is 0 Å². The van der Waals surface area contributed by atoms with E-state index in [0.717, 1.165) is 29.2 Å². The molecule has 0 amide bonds. The predicted octanol–water partition coefficient (Wildman–Crippen LogP) is 4.06. The molecule has 2 aromatic heterocycles. The van der Waals surface area contributed by atoms with Gasteiger partial charge in [0.25, 0.3) is 0 Å². The van der Waals surface area contributed by atoms with Crippen molar-refractivity contribution in [1.82, 2.24) is 19.7 Å². The van der Waals surface area contributed by atoms with Crippen LogP contribution in [-0.4, -0.2) is 19.7 Å². The fourth-order valence-corrected chi connectivity index (χ4v) is 2.44. The van der Waals surface area contributed by atoms with E-state index in [1.165, 1.54) is 5.56 Å². The van der Waals surface area contributed by atoms with E-state index in [1.54, 1.807) is 6.20 Å². The average Bonchev–Trinajstić information content (AvgIpc) is 3.00. The Hall–Kier alpha value is -2.49. The second kappa shape index (κ2) is 6.10. The minimum absolute atomic E-state index is 0.589. The van der Waals surface area contributed by atoms with Crippen molar-refractivity contribution in [2.24, 2.45) is 7.05 Å². The van der Waals surface area contributed by atoms with Crippen LogP contribution in [0.2, 0.25) is 0 Å². The molecule has 0 unspecified atom stereocenters. The molecular formula is C18H20N4. The molecule has 0 fully saturated rings. The van der Waals surface area contributed by atoms with Crippen molar-refractivity contribution >= 4 is 0 Å². The molecule has 0 spiro atoms. The summed E-state index contributed by atoms with van der Waals surface area (Å²) < 4.78 is 1.94. The van der Waals surface area contributed by atoms with Gasteiger partial charge in [-0.25, -0.2) is 4.98 Å². The molecule has 1 atom stereocenters. The van der Waals surface area contributed by atoms with E-state index in [0.29, 0.717) is 5.92 Å². The van der Waals surface area contributed by atoms with Crippen molar-refractivity contribution < 1.29 is 0 Å². The van der Waals surface area contributed by atoms with E-state index in [-0.39, 0.29) is 0 Å². The van der Waals surface area contributed by atoms with Crippen molar-refractivity contribution in [1.29, 1.82) is 0 Å². The zero-order valence-corrected chi connectivity index (χ0v) is 13.2. The highest BCUT2D eigenvalue weighted by Gasteiger charge is 2.08. The first-order valence-electron chi connectivity index (χ1n) is 7.60. The van der Waals surface area contributed by atoms with E-state index < -0.39 is 0 Å². The lowest BCUT2D eigenvalue weighted by molar-refractivity contribution is 0.734. The van der Waals surface area contributed by atoms with Crippen LogP contribution in [0.1, 0.15) is 31.7 Å². The van der Waals surface area contributed by atoms with Crippen molar-refractivity contribution in [2.45, 2.75) is 26.2 Å². The van der Waals surface area contributed by atoms with E-state index in [2.05, 4.69) is 53.3 Å². The molecule has 0 aliphatic rings. The molecular weight excluding hydrogens is 272 g/mol. The largest absolute Gasteiger partial charge is 0.333 e. The molecule has 0 radical (unpaired) electrons. The zero-order valence-electron chi connectivity index (χ0n) is 13.2. The lowest BCUT2D eigenvalue weighted by Crippen LogP contribution is -1.97. The molecule has 1 aromatic carbocycles. The normalized spacial score (nSPS) is 12.3. The first kappa shape index (κ1) is 14.4. The Balaban J connectivity index is 1.85. The van der Waals surface area contributed by atoms with Crippen LogP contribution >= 0.6 is 0 Å². The number of hydrogen-bond donors (Lipinski definition) is 0. The summed E-state index contributed by atoms with van der Waals surface area (Å²) in [6.45, 7) is 4.46. The number of rotatable bonds is 4. The number of aryl methyl sites for hydroxylation is 1. The Morgan fingerprint density at radius 2 is 1.68 bits per heavy atom. The molecule has 22 heavy (non-hydrogen) atoms. The molecule has 0 aliphatic carbocycles. The summed E-state index contributed by atoms with van der Waals surface area (Å²) in [4.78, 5) is 4.29. The molecule has 0 aliphatic heterocycles. The van der Waals surface area contributed by atoms with Gasteiger partial charge in [-0.05, 0) is 30.0 Å². The standard InChI is InChI=1S/C18H20N4/c1-4-13(2)14-5-7-15(8-6-14)16-9-10-17(21-20-16)18-19-11-12-22(18)3/h5-13H,4H2,1-3H3/t13-/m0/s1. The van der Waals surface area contributed by atoms with E-state index in [4.69, 9.17) is 0 Å². The van der Waals surface area contributed by atoms with Gasteiger partial charge in [-0.2, -0.15) is 0 Å². The van der Waals surface area contributed by atoms with E-state index in [9.17, 15) is 0 Å². The number of nitrogens with zero attached hydrogens (tertiary/aromatic N) is 4. The first-order chi connectivity index (χ1) is 10.7. The van der Waals surface area contributed by atoms with Crippen LogP contribution in [0.5, 0.6) is 0 Å². The minimum atomic E-state index is 0.589. The van der Waals surface area contributed by atoms with Crippen LogP contribution in [0.4, 0.5) is 0 Å². The van der Waals surface area contributed by atoms with Gasteiger partial charge in [-0.1, -0.05) is 38.1 Å². The lowest BCUT2D eigenvalue weighted by atomic mass is 9.97. The zero-order chi connectivity index (χ0) is 15.5.